The summed E-state index contributed by atoms with van der Waals surface area (Å²) in [4.78, 5) is 24.9. The van der Waals surface area contributed by atoms with E-state index in [1.807, 2.05) is 0 Å². The predicted molar refractivity (Wildman–Crippen MR) is 76.4 cm³/mol. The molecule has 100 valence electrons. The lowest BCUT2D eigenvalue weighted by molar-refractivity contribution is 0.0977. The van der Waals surface area contributed by atoms with Crippen molar-refractivity contribution >= 4 is 46.4 Å². The molecule has 0 spiro atoms. The topological polar surface area (TPSA) is 54.4 Å². The van der Waals surface area contributed by atoms with Crippen molar-refractivity contribution in [2.75, 3.05) is 0 Å². The van der Waals surface area contributed by atoms with E-state index in [2.05, 4.69) is 0 Å². The highest BCUT2D eigenvalue weighted by atomic mass is 35.5. The highest BCUT2D eigenvalue weighted by Gasteiger charge is 2.35. The molecule has 0 saturated heterocycles. The molecule has 3 rings (SSSR count). The lowest BCUT2D eigenvalue weighted by Gasteiger charge is -2.20. The van der Waals surface area contributed by atoms with Crippen molar-refractivity contribution in [1.29, 1.82) is 0 Å². The van der Waals surface area contributed by atoms with Crippen molar-refractivity contribution in [2.24, 2.45) is 0 Å². The van der Waals surface area contributed by atoms with Crippen molar-refractivity contribution in [1.82, 2.24) is 0 Å². The van der Waals surface area contributed by atoms with E-state index in [0.29, 0.717) is 5.02 Å². The first-order valence-electron chi connectivity index (χ1n) is 5.51. The van der Waals surface area contributed by atoms with Gasteiger partial charge in [0.1, 0.15) is 5.75 Å². The molecule has 0 amide bonds. The van der Waals surface area contributed by atoms with E-state index in [1.54, 1.807) is 0 Å². The zero-order valence-corrected chi connectivity index (χ0v) is 12.0. The lowest BCUT2D eigenvalue weighted by atomic mass is 9.83. The first-order valence-corrected chi connectivity index (χ1v) is 6.65. The summed E-state index contributed by atoms with van der Waals surface area (Å²) < 4.78 is 0. The van der Waals surface area contributed by atoms with Crippen LogP contribution in [0.15, 0.2) is 24.3 Å². The largest absolute Gasteiger partial charge is 0.506 e. The number of phenols is 1. The molecule has 0 heterocycles. The van der Waals surface area contributed by atoms with E-state index < -0.39 is 17.3 Å². The Hall–Kier alpha value is -1.55. The van der Waals surface area contributed by atoms with Gasteiger partial charge < -0.3 is 5.11 Å². The van der Waals surface area contributed by atoms with Gasteiger partial charge in [-0.2, -0.15) is 0 Å². The second kappa shape index (κ2) is 4.48. The fraction of sp³-hybridized carbons (Fsp3) is 0. The SMILES string of the molecule is O=C1c2cc(Cl)ccc2C(=O)c2c(O)c(Cl)cc(Cl)c21. The number of ketones is 2. The van der Waals surface area contributed by atoms with Crippen molar-refractivity contribution in [3.05, 3.63) is 61.6 Å². The monoisotopic (exact) mass is 326 g/mol. The third-order valence-corrected chi connectivity index (χ3v) is 3.95. The number of carbonyl (C=O) groups excluding carboxylic acids is 2. The number of halogens is 3. The van der Waals surface area contributed by atoms with Crippen LogP contribution in [0.3, 0.4) is 0 Å². The Bertz CT molecular complexity index is 795. The normalized spacial score (nSPS) is 13.2. The van der Waals surface area contributed by atoms with Gasteiger partial charge in [-0.1, -0.05) is 34.8 Å². The van der Waals surface area contributed by atoms with Gasteiger partial charge in [-0.25, -0.2) is 0 Å². The minimum Gasteiger partial charge on any atom is -0.506 e. The molecule has 1 aliphatic carbocycles. The van der Waals surface area contributed by atoms with Crippen LogP contribution in [0.2, 0.25) is 15.1 Å². The first-order chi connectivity index (χ1) is 9.41. The van der Waals surface area contributed by atoms with Gasteiger partial charge in [0.25, 0.3) is 0 Å². The summed E-state index contributed by atoms with van der Waals surface area (Å²) in [6.07, 6.45) is 0. The molecule has 0 bridgehead atoms. The van der Waals surface area contributed by atoms with E-state index >= 15 is 0 Å². The van der Waals surface area contributed by atoms with Crippen LogP contribution in [-0.2, 0) is 0 Å². The standard InChI is InChI=1S/C14H5Cl3O3/c15-5-1-2-6-7(3-5)13(19)10-8(16)4-9(17)14(20)11(10)12(6)18/h1-4,20H. The van der Waals surface area contributed by atoms with Gasteiger partial charge in [-0.3, -0.25) is 9.59 Å². The zero-order valence-electron chi connectivity index (χ0n) is 9.71. The van der Waals surface area contributed by atoms with Crippen LogP contribution < -0.4 is 0 Å². The molecular formula is C14H5Cl3O3. The van der Waals surface area contributed by atoms with Crippen molar-refractivity contribution < 1.29 is 14.7 Å². The number of carbonyl (C=O) groups is 2. The molecule has 1 aliphatic rings. The van der Waals surface area contributed by atoms with Gasteiger partial charge >= 0.3 is 0 Å². The lowest BCUT2D eigenvalue weighted by Crippen LogP contribution is -2.21. The average molecular weight is 328 g/mol. The molecule has 0 aliphatic heterocycles. The van der Waals surface area contributed by atoms with Crippen LogP contribution in [-0.4, -0.2) is 16.7 Å². The van der Waals surface area contributed by atoms with E-state index in [1.165, 1.54) is 24.3 Å². The fourth-order valence-electron chi connectivity index (χ4n) is 2.22. The molecule has 2 aromatic rings. The molecule has 0 unspecified atom stereocenters. The minimum atomic E-state index is -0.506. The maximum absolute atomic E-state index is 12.4. The van der Waals surface area contributed by atoms with Crippen LogP contribution in [0.5, 0.6) is 5.75 Å². The summed E-state index contributed by atoms with van der Waals surface area (Å²) in [6, 6.07) is 5.58. The highest BCUT2D eigenvalue weighted by Crippen LogP contribution is 2.41. The van der Waals surface area contributed by atoms with E-state index in [0.717, 1.165) is 0 Å². The van der Waals surface area contributed by atoms with E-state index in [9.17, 15) is 14.7 Å². The maximum Gasteiger partial charge on any atom is 0.198 e. The molecule has 3 nitrogen and oxygen atoms in total. The number of fused-ring (bicyclic) bond motifs is 2. The number of rotatable bonds is 0. The molecule has 0 aromatic heterocycles. The number of hydrogen-bond donors (Lipinski definition) is 1. The number of benzene rings is 2. The summed E-state index contributed by atoms with van der Waals surface area (Å²) >= 11 is 17.6. The second-order valence-corrected chi connectivity index (χ2v) is 5.54. The number of phenolic OH excluding ortho intramolecular Hbond substituents is 1. The Morgan fingerprint density at radius 3 is 2.15 bits per heavy atom. The molecule has 0 fully saturated rings. The van der Waals surface area contributed by atoms with Crippen LogP contribution in [0.25, 0.3) is 0 Å². The minimum absolute atomic E-state index is 0.0202. The molecule has 6 heteroatoms. The van der Waals surface area contributed by atoms with Crippen molar-refractivity contribution in [3.8, 4) is 5.75 Å². The molecule has 0 radical (unpaired) electrons. The van der Waals surface area contributed by atoms with E-state index in [-0.39, 0.29) is 32.3 Å². The van der Waals surface area contributed by atoms with Crippen LogP contribution in [0, 0.1) is 0 Å². The Morgan fingerprint density at radius 2 is 1.45 bits per heavy atom. The highest BCUT2D eigenvalue weighted by molar-refractivity contribution is 6.42. The molecular weight excluding hydrogens is 323 g/mol. The molecule has 2 aromatic carbocycles. The van der Waals surface area contributed by atoms with Crippen molar-refractivity contribution in [2.45, 2.75) is 0 Å². The van der Waals surface area contributed by atoms with Gasteiger partial charge in [0.05, 0.1) is 21.2 Å². The molecule has 1 N–H and O–H groups in total. The fourth-order valence-corrected chi connectivity index (χ4v) is 2.94. The summed E-state index contributed by atoms with van der Waals surface area (Å²) in [7, 11) is 0. The van der Waals surface area contributed by atoms with E-state index in [4.69, 9.17) is 34.8 Å². The van der Waals surface area contributed by atoms with Crippen LogP contribution >= 0.6 is 34.8 Å². The number of aromatic hydroxyl groups is 1. The first kappa shape index (κ1) is 13.4. The number of hydrogen-bond acceptors (Lipinski definition) is 3. The summed E-state index contributed by atoms with van der Waals surface area (Å²) in [5.41, 5.74) is 0.120. The zero-order chi connectivity index (χ0) is 14.6. The summed E-state index contributed by atoms with van der Waals surface area (Å²) in [5.74, 6) is -1.41. The predicted octanol–water partition coefficient (Wildman–Crippen LogP) is 4.13. The van der Waals surface area contributed by atoms with Crippen molar-refractivity contribution in [3.63, 3.8) is 0 Å². The molecule has 0 atom stereocenters. The maximum atomic E-state index is 12.4. The van der Waals surface area contributed by atoms with Gasteiger partial charge in [-0.05, 0) is 24.3 Å². The van der Waals surface area contributed by atoms with Crippen LogP contribution in [0.4, 0.5) is 0 Å². The van der Waals surface area contributed by atoms with Gasteiger partial charge in [-0.15, -0.1) is 0 Å². The summed E-state index contributed by atoms with van der Waals surface area (Å²) in [5, 5.41) is 10.2. The Kier molecular flexibility index (Phi) is 3.01. The summed E-state index contributed by atoms with van der Waals surface area (Å²) in [6.45, 7) is 0. The molecule has 0 saturated carbocycles. The average Bonchev–Trinajstić information content (AvgIpc) is 2.40. The third kappa shape index (κ3) is 1.74. The Balaban J connectivity index is 2.41. The Morgan fingerprint density at radius 1 is 0.800 bits per heavy atom. The van der Waals surface area contributed by atoms with Gasteiger partial charge in [0.2, 0.25) is 0 Å². The van der Waals surface area contributed by atoms with Gasteiger partial charge in [0, 0.05) is 16.1 Å². The second-order valence-electron chi connectivity index (χ2n) is 4.29. The van der Waals surface area contributed by atoms with Gasteiger partial charge in [0.15, 0.2) is 11.6 Å². The smallest absolute Gasteiger partial charge is 0.198 e. The van der Waals surface area contributed by atoms with Crippen LogP contribution in [0.1, 0.15) is 31.8 Å². The third-order valence-electron chi connectivity index (χ3n) is 3.13. The Labute approximate surface area is 128 Å². The quantitative estimate of drug-likeness (QED) is 0.675. The molecule has 20 heavy (non-hydrogen) atoms.